The highest BCUT2D eigenvalue weighted by molar-refractivity contribution is 9.09. The zero-order chi connectivity index (χ0) is 12.1. The third kappa shape index (κ3) is 132. The molecule has 0 radical (unpaired) electrons. The van der Waals surface area contributed by atoms with Crippen LogP contribution in [0.25, 0.3) is 0 Å². The summed E-state index contributed by atoms with van der Waals surface area (Å²) in [4.78, 5) is 16.7. The van der Waals surface area contributed by atoms with E-state index in [1.54, 1.807) is 0 Å². The quantitative estimate of drug-likeness (QED) is 0.285. The van der Waals surface area contributed by atoms with Crippen LogP contribution >= 0.6 is 15.9 Å². The van der Waals surface area contributed by atoms with Gasteiger partial charge in [-0.05, 0) is 0 Å². The number of hydrogen-bond donors (Lipinski definition) is 4. The zero-order valence-corrected chi connectivity index (χ0v) is 8.27. The molecule has 1 unspecified atom stereocenters. The fourth-order valence-electron chi connectivity index (χ4n) is 0.0488. The standard InChI is InChI=1S/C3H7BrO2.2HNO3/c4-1-3(6)2-5;2*2-1(3)4/h3,5-6H,1-2H2;2*(H,2,3,4). The number of hydrogen-bond acceptors (Lipinski definition) is 6. The van der Waals surface area contributed by atoms with Crippen LogP contribution in [0.2, 0.25) is 0 Å². The molecule has 0 spiro atoms. The first-order valence-electron chi connectivity index (χ1n) is 2.79. The maximum Gasteiger partial charge on any atom is 0.291 e. The lowest BCUT2D eigenvalue weighted by atomic mass is 10.5. The van der Waals surface area contributed by atoms with Gasteiger partial charge in [-0.1, -0.05) is 15.9 Å². The fraction of sp³-hybridized carbons (Fsp3) is 1.00. The first-order valence-corrected chi connectivity index (χ1v) is 3.91. The van der Waals surface area contributed by atoms with Crippen molar-refractivity contribution in [1.82, 2.24) is 0 Å². The molecule has 86 valence electrons. The molecular formula is C3H9BrN2O8. The predicted octanol–water partition coefficient (Wildman–Crippen LogP) is -0.961. The first-order chi connectivity index (χ1) is 6.27. The van der Waals surface area contributed by atoms with Crippen molar-refractivity contribution < 1.29 is 30.8 Å². The van der Waals surface area contributed by atoms with Gasteiger partial charge in [0.05, 0.1) is 12.7 Å². The maximum atomic E-state index is 8.37. The van der Waals surface area contributed by atoms with E-state index in [1.807, 2.05) is 0 Å². The molecule has 0 aromatic heterocycles. The summed E-state index contributed by atoms with van der Waals surface area (Å²) in [6, 6.07) is 0. The number of alkyl halides is 1. The number of aliphatic hydroxyl groups is 2. The van der Waals surface area contributed by atoms with Gasteiger partial charge >= 0.3 is 0 Å². The van der Waals surface area contributed by atoms with Gasteiger partial charge in [0.2, 0.25) is 0 Å². The Morgan fingerprint density at radius 3 is 1.43 bits per heavy atom. The molecule has 0 aliphatic heterocycles. The van der Waals surface area contributed by atoms with E-state index < -0.39 is 16.3 Å². The molecular weight excluding hydrogens is 272 g/mol. The van der Waals surface area contributed by atoms with Crippen LogP contribution in [0.1, 0.15) is 0 Å². The molecule has 4 N–H and O–H groups in total. The second-order valence-electron chi connectivity index (χ2n) is 1.47. The SMILES string of the molecule is O=[N+]([O-])O.O=[N+]([O-])O.OCC(O)CBr. The lowest BCUT2D eigenvalue weighted by molar-refractivity contribution is -0.742. The zero-order valence-electron chi connectivity index (χ0n) is 6.69. The summed E-state index contributed by atoms with van der Waals surface area (Å²) >= 11 is 2.96. The Balaban J connectivity index is -0.000000135. The summed E-state index contributed by atoms with van der Waals surface area (Å²) in [7, 11) is 0. The van der Waals surface area contributed by atoms with Gasteiger partial charge in [-0.3, -0.25) is 0 Å². The minimum atomic E-state index is -1.50. The largest absolute Gasteiger partial charge is 0.394 e. The summed E-state index contributed by atoms with van der Waals surface area (Å²) in [6.45, 7) is -0.161. The highest BCUT2D eigenvalue weighted by Gasteiger charge is 1.93. The Kier molecular flexibility index (Phi) is 19.0. The van der Waals surface area contributed by atoms with E-state index in [0.29, 0.717) is 5.33 Å². The minimum Gasteiger partial charge on any atom is -0.394 e. The van der Waals surface area contributed by atoms with Crippen LogP contribution in [0.5, 0.6) is 0 Å². The van der Waals surface area contributed by atoms with Crippen LogP contribution in [0.4, 0.5) is 0 Å². The Morgan fingerprint density at radius 2 is 1.43 bits per heavy atom. The van der Waals surface area contributed by atoms with Gasteiger partial charge in [0, 0.05) is 5.33 Å². The fourth-order valence-corrected chi connectivity index (χ4v) is 0.254. The molecule has 0 saturated carbocycles. The molecule has 0 aromatic carbocycles. The first kappa shape index (κ1) is 18.6. The Hall–Kier alpha value is -1.20. The molecule has 0 bridgehead atoms. The smallest absolute Gasteiger partial charge is 0.291 e. The average molecular weight is 281 g/mol. The second-order valence-corrected chi connectivity index (χ2v) is 2.11. The van der Waals surface area contributed by atoms with Crippen LogP contribution in [-0.2, 0) is 0 Å². The molecule has 0 rings (SSSR count). The number of aliphatic hydroxyl groups excluding tert-OH is 2. The van der Waals surface area contributed by atoms with Crippen LogP contribution in [-0.4, -0.2) is 48.8 Å². The van der Waals surface area contributed by atoms with Gasteiger partial charge in [-0.25, -0.2) is 0 Å². The summed E-state index contributed by atoms with van der Waals surface area (Å²) in [5.74, 6) is 0. The highest BCUT2D eigenvalue weighted by Crippen LogP contribution is 1.85. The Bertz CT molecular complexity index is 130. The Morgan fingerprint density at radius 1 is 1.21 bits per heavy atom. The van der Waals surface area contributed by atoms with Crippen molar-refractivity contribution in [3.63, 3.8) is 0 Å². The van der Waals surface area contributed by atoms with Crippen molar-refractivity contribution in [2.24, 2.45) is 0 Å². The van der Waals surface area contributed by atoms with E-state index in [-0.39, 0.29) is 6.61 Å². The molecule has 10 nitrogen and oxygen atoms in total. The summed E-state index contributed by atoms with van der Waals surface area (Å²) < 4.78 is 0. The van der Waals surface area contributed by atoms with Gasteiger partial charge in [0.1, 0.15) is 0 Å². The third-order valence-electron chi connectivity index (χ3n) is 0.389. The van der Waals surface area contributed by atoms with E-state index >= 15 is 0 Å². The van der Waals surface area contributed by atoms with Gasteiger partial charge < -0.3 is 20.6 Å². The number of rotatable bonds is 2. The molecule has 0 heterocycles. The van der Waals surface area contributed by atoms with Crippen molar-refractivity contribution >= 4 is 15.9 Å². The van der Waals surface area contributed by atoms with Crippen LogP contribution < -0.4 is 0 Å². The van der Waals surface area contributed by atoms with Crippen molar-refractivity contribution in [2.45, 2.75) is 6.10 Å². The van der Waals surface area contributed by atoms with Crippen molar-refractivity contribution in [2.75, 3.05) is 11.9 Å². The molecule has 14 heavy (non-hydrogen) atoms. The average Bonchev–Trinajstić information content (AvgIpc) is 2.01. The van der Waals surface area contributed by atoms with Crippen molar-refractivity contribution in [3.8, 4) is 0 Å². The maximum absolute atomic E-state index is 8.37. The summed E-state index contributed by atoms with van der Waals surface area (Å²) in [6.07, 6.45) is -0.593. The number of halogens is 1. The van der Waals surface area contributed by atoms with Crippen molar-refractivity contribution in [1.29, 1.82) is 0 Å². The molecule has 0 amide bonds. The predicted molar refractivity (Wildman–Crippen MR) is 44.4 cm³/mol. The van der Waals surface area contributed by atoms with Gasteiger partial charge in [-0.15, -0.1) is 20.2 Å². The van der Waals surface area contributed by atoms with E-state index in [9.17, 15) is 0 Å². The molecule has 0 aromatic rings. The van der Waals surface area contributed by atoms with E-state index in [4.69, 9.17) is 40.9 Å². The Labute approximate surface area is 85.7 Å². The van der Waals surface area contributed by atoms with E-state index in [0.717, 1.165) is 0 Å². The lowest BCUT2D eigenvalue weighted by Crippen LogP contribution is -2.12. The van der Waals surface area contributed by atoms with Crippen LogP contribution in [0.3, 0.4) is 0 Å². The highest BCUT2D eigenvalue weighted by atomic mass is 79.9. The van der Waals surface area contributed by atoms with Gasteiger partial charge in [0.25, 0.3) is 10.2 Å². The van der Waals surface area contributed by atoms with Crippen LogP contribution in [0, 0.1) is 20.2 Å². The molecule has 11 heteroatoms. The number of nitrogens with zero attached hydrogens (tertiary/aromatic N) is 2. The van der Waals surface area contributed by atoms with Gasteiger partial charge in [0.15, 0.2) is 0 Å². The monoisotopic (exact) mass is 280 g/mol. The minimum absolute atomic E-state index is 0.161. The summed E-state index contributed by atoms with van der Waals surface area (Å²) in [5.41, 5.74) is 0. The van der Waals surface area contributed by atoms with E-state index in [2.05, 4.69) is 15.9 Å². The molecule has 0 aliphatic carbocycles. The third-order valence-corrected chi connectivity index (χ3v) is 1.14. The molecule has 0 saturated heterocycles. The lowest BCUT2D eigenvalue weighted by Gasteiger charge is -1.96. The normalized spacial score (nSPS) is 9.64. The second kappa shape index (κ2) is 14.3. The molecule has 1 atom stereocenters. The summed E-state index contributed by atoms with van der Waals surface area (Å²) in [5, 5.41) is 44.2. The van der Waals surface area contributed by atoms with E-state index in [1.165, 1.54) is 0 Å². The molecule has 0 aliphatic rings. The van der Waals surface area contributed by atoms with Crippen LogP contribution in [0.15, 0.2) is 0 Å². The van der Waals surface area contributed by atoms with Crippen molar-refractivity contribution in [3.05, 3.63) is 20.2 Å². The van der Waals surface area contributed by atoms with Gasteiger partial charge in [-0.2, -0.15) is 0 Å². The molecule has 0 fully saturated rings. The topological polar surface area (TPSA) is 167 Å².